The van der Waals surface area contributed by atoms with Gasteiger partial charge in [0.25, 0.3) is 0 Å². The second-order valence-corrected chi connectivity index (χ2v) is 7.41. The fourth-order valence-electron chi connectivity index (χ4n) is 3.85. The molecule has 3 heterocycles. The lowest BCUT2D eigenvalue weighted by Crippen LogP contribution is -2.49. The molecule has 26 heavy (non-hydrogen) atoms. The third-order valence-electron chi connectivity index (χ3n) is 5.15. The van der Waals surface area contributed by atoms with Crippen LogP contribution < -0.4 is 5.69 Å². The summed E-state index contributed by atoms with van der Waals surface area (Å²) in [5.74, 6) is -0.0736. The molecule has 136 valence electrons. The minimum absolute atomic E-state index is 0.0652. The summed E-state index contributed by atoms with van der Waals surface area (Å²) in [5.41, 5.74) is 0.769. The van der Waals surface area contributed by atoms with Crippen LogP contribution in [0.2, 0.25) is 5.02 Å². The van der Waals surface area contributed by atoms with Gasteiger partial charge < -0.3 is 4.90 Å². The lowest BCUT2D eigenvalue weighted by Gasteiger charge is -2.39. The van der Waals surface area contributed by atoms with Gasteiger partial charge in [-0.1, -0.05) is 11.6 Å². The third-order valence-corrected chi connectivity index (χ3v) is 5.39. The summed E-state index contributed by atoms with van der Waals surface area (Å²) in [6, 6.07) is 5.61. The number of amides is 1. The number of carbonyl (C=O) groups is 1. The van der Waals surface area contributed by atoms with Crippen molar-refractivity contribution in [2.75, 3.05) is 0 Å². The summed E-state index contributed by atoms with van der Waals surface area (Å²) < 4.78 is 2.59. The van der Waals surface area contributed by atoms with E-state index in [1.165, 1.54) is 15.4 Å². The van der Waals surface area contributed by atoms with Gasteiger partial charge in [0.05, 0.1) is 5.52 Å². The molecule has 1 aliphatic rings. The van der Waals surface area contributed by atoms with E-state index < -0.39 is 0 Å². The normalized spacial score (nSPS) is 20.8. The number of nitrogens with zero attached hydrogens (tertiary/aromatic N) is 5. The van der Waals surface area contributed by atoms with Crippen LogP contribution in [0.25, 0.3) is 16.6 Å². The monoisotopic (exact) mass is 373 g/mol. The maximum absolute atomic E-state index is 12.8. The predicted molar refractivity (Wildman–Crippen MR) is 99.4 cm³/mol. The molecule has 7 nitrogen and oxygen atoms in total. The second-order valence-electron chi connectivity index (χ2n) is 6.97. The van der Waals surface area contributed by atoms with E-state index in [9.17, 15) is 9.59 Å². The highest BCUT2D eigenvalue weighted by atomic mass is 35.5. The van der Waals surface area contributed by atoms with Gasteiger partial charge in [0, 0.05) is 22.5 Å². The van der Waals surface area contributed by atoms with Crippen molar-refractivity contribution < 1.29 is 4.79 Å². The second kappa shape index (κ2) is 6.39. The van der Waals surface area contributed by atoms with Crippen molar-refractivity contribution in [2.24, 2.45) is 0 Å². The number of hydrogen-bond donors (Lipinski definition) is 0. The zero-order valence-electron chi connectivity index (χ0n) is 14.7. The molecule has 1 aromatic carbocycles. The summed E-state index contributed by atoms with van der Waals surface area (Å²) in [4.78, 5) is 31.6. The van der Waals surface area contributed by atoms with Gasteiger partial charge in [0.1, 0.15) is 12.9 Å². The first-order chi connectivity index (χ1) is 12.5. The Hall–Kier alpha value is -2.41. The van der Waals surface area contributed by atoms with Crippen molar-refractivity contribution in [1.82, 2.24) is 24.1 Å². The molecule has 1 aliphatic heterocycles. The number of likely N-dealkylation sites (tertiary alicyclic amines) is 1. The van der Waals surface area contributed by atoms with Crippen LogP contribution in [0.3, 0.4) is 0 Å². The van der Waals surface area contributed by atoms with Gasteiger partial charge in [-0.25, -0.2) is 18.9 Å². The molecular weight excluding hydrogens is 354 g/mol. The van der Waals surface area contributed by atoms with Gasteiger partial charge >= 0.3 is 5.69 Å². The molecule has 2 aromatic heterocycles. The summed E-state index contributed by atoms with van der Waals surface area (Å²) >= 11 is 6.00. The molecule has 0 N–H and O–H groups in total. The highest BCUT2D eigenvalue weighted by molar-refractivity contribution is 6.31. The molecule has 0 bridgehead atoms. The number of rotatable bonds is 2. The fraction of sp³-hybridized carbons (Fsp3) is 0.444. The quantitative estimate of drug-likeness (QED) is 0.691. The van der Waals surface area contributed by atoms with Crippen LogP contribution >= 0.6 is 11.6 Å². The van der Waals surface area contributed by atoms with Crippen LogP contribution in [-0.4, -0.2) is 42.1 Å². The van der Waals surface area contributed by atoms with Crippen LogP contribution in [-0.2, 0) is 11.3 Å². The maximum atomic E-state index is 12.8. The molecular formula is C18H20ClN5O2. The van der Waals surface area contributed by atoms with Crippen LogP contribution in [0.4, 0.5) is 0 Å². The van der Waals surface area contributed by atoms with Crippen molar-refractivity contribution >= 4 is 34.1 Å². The van der Waals surface area contributed by atoms with E-state index in [0.717, 1.165) is 24.6 Å². The predicted octanol–water partition coefficient (Wildman–Crippen LogP) is 2.49. The Balaban J connectivity index is 1.73. The van der Waals surface area contributed by atoms with E-state index in [4.69, 9.17) is 11.6 Å². The minimum atomic E-state index is -0.366. The number of hydrogen-bond acceptors (Lipinski definition) is 4. The summed E-state index contributed by atoms with van der Waals surface area (Å²) in [6.45, 7) is 4.05. The van der Waals surface area contributed by atoms with Crippen LogP contribution in [0.1, 0.15) is 33.1 Å². The molecule has 0 radical (unpaired) electrons. The summed E-state index contributed by atoms with van der Waals surface area (Å²) in [7, 11) is 0. The van der Waals surface area contributed by atoms with E-state index >= 15 is 0 Å². The molecule has 0 unspecified atom stereocenters. The van der Waals surface area contributed by atoms with Gasteiger partial charge in [-0.05, 0) is 51.3 Å². The number of piperidine rings is 1. The first kappa shape index (κ1) is 17.0. The standard InChI is InChI=1S/C18H20ClN5O2/c1-11-4-3-5-12(2)24(11)16(25)9-23-18(26)22-10-20-15-8-13(19)6-7-14(15)17(22)21-23/h6-8,10-12H,3-5,9H2,1-2H3/t11-,12+. The molecule has 3 aromatic rings. The van der Waals surface area contributed by atoms with Crippen LogP contribution in [0.5, 0.6) is 0 Å². The van der Waals surface area contributed by atoms with Crippen molar-refractivity contribution in [3.05, 3.63) is 40.0 Å². The topological polar surface area (TPSA) is 72.5 Å². The zero-order chi connectivity index (χ0) is 18.4. The van der Waals surface area contributed by atoms with Crippen LogP contribution in [0, 0.1) is 0 Å². The Morgan fingerprint density at radius 3 is 2.73 bits per heavy atom. The van der Waals surface area contributed by atoms with Gasteiger partial charge in [-0.2, -0.15) is 0 Å². The molecule has 4 rings (SSSR count). The lowest BCUT2D eigenvalue weighted by atomic mass is 9.97. The van der Waals surface area contributed by atoms with Crippen LogP contribution in [0.15, 0.2) is 29.3 Å². The minimum Gasteiger partial charge on any atom is -0.336 e. The summed E-state index contributed by atoms with van der Waals surface area (Å²) in [5, 5.41) is 5.68. The molecule has 1 amide bonds. The number of fused-ring (bicyclic) bond motifs is 3. The van der Waals surface area contributed by atoms with Gasteiger partial charge in [0.2, 0.25) is 5.91 Å². The van der Waals surface area contributed by atoms with Crippen molar-refractivity contribution in [1.29, 1.82) is 0 Å². The van der Waals surface area contributed by atoms with E-state index in [1.807, 2.05) is 4.90 Å². The van der Waals surface area contributed by atoms with E-state index in [-0.39, 0.29) is 30.2 Å². The SMILES string of the molecule is C[C@@H]1CCC[C@H](C)N1C(=O)Cn1nc2c3ccc(Cl)cc3ncn2c1=O. The number of carbonyl (C=O) groups excluding carboxylic acids is 1. The average molecular weight is 374 g/mol. The van der Waals surface area contributed by atoms with Gasteiger partial charge in [0.15, 0.2) is 5.65 Å². The molecule has 0 spiro atoms. The van der Waals surface area contributed by atoms with E-state index in [2.05, 4.69) is 23.9 Å². The van der Waals surface area contributed by atoms with Gasteiger partial charge in [-0.15, -0.1) is 5.10 Å². The summed E-state index contributed by atoms with van der Waals surface area (Å²) in [6.07, 6.45) is 4.54. The van der Waals surface area contributed by atoms with Crippen molar-refractivity contribution in [3.63, 3.8) is 0 Å². The van der Waals surface area contributed by atoms with E-state index in [1.54, 1.807) is 18.2 Å². The number of halogens is 1. The Morgan fingerprint density at radius 2 is 2.00 bits per heavy atom. The fourth-order valence-corrected chi connectivity index (χ4v) is 4.02. The first-order valence-electron chi connectivity index (χ1n) is 8.80. The maximum Gasteiger partial charge on any atom is 0.352 e. The Morgan fingerprint density at radius 1 is 1.27 bits per heavy atom. The highest BCUT2D eigenvalue weighted by Gasteiger charge is 2.29. The Bertz CT molecular complexity index is 1050. The molecule has 8 heteroatoms. The zero-order valence-corrected chi connectivity index (χ0v) is 15.5. The Kier molecular flexibility index (Phi) is 4.19. The van der Waals surface area contributed by atoms with Crippen molar-refractivity contribution in [3.8, 4) is 0 Å². The number of benzene rings is 1. The first-order valence-corrected chi connectivity index (χ1v) is 9.18. The Labute approximate surface area is 155 Å². The van der Waals surface area contributed by atoms with Gasteiger partial charge in [-0.3, -0.25) is 4.79 Å². The molecule has 1 fully saturated rings. The highest BCUT2D eigenvalue weighted by Crippen LogP contribution is 2.23. The largest absolute Gasteiger partial charge is 0.352 e. The molecule has 0 saturated carbocycles. The van der Waals surface area contributed by atoms with Crippen molar-refractivity contribution in [2.45, 2.75) is 51.7 Å². The van der Waals surface area contributed by atoms with E-state index in [0.29, 0.717) is 16.2 Å². The molecule has 1 saturated heterocycles. The lowest BCUT2D eigenvalue weighted by molar-refractivity contribution is -0.138. The third kappa shape index (κ3) is 2.76. The smallest absolute Gasteiger partial charge is 0.336 e. The number of aromatic nitrogens is 4. The molecule has 0 aliphatic carbocycles. The average Bonchev–Trinajstić information content (AvgIpc) is 2.90. The molecule has 2 atom stereocenters.